The topological polar surface area (TPSA) is 141 Å². The van der Waals surface area contributed by atoms with E-state index in [0.29, 0.717) is 74.5 Å². The molecule has 7 heterocycles. The minimum Gasteiger partial charge on any atom is -0.467 e. The predicted octanol–water partition coefficient (Wildman–Crippen LogP) is 4.52. The molecule has 0 spiro atoms. The molecule has 1 amide bonds. The molecule has 3 unspecified atom stereocenters. The molecule has 0 radical (unpaired) electrons. The Bertz CT molecular complexity index is 1810. The first-order chi connectivity index (χ1) is 24.9. The van der Waals surface area contributed by atoms with Gasteiger partial charge in [-0.25, -0.2) is 8.78 Å². The highest BCUT2D eigenvalue weighted by atomic mass is 35.5. The van der Waals surface area contributed by atoms with Crippen molar-refractivity contribution in [2.24, 2.45) is 11.7 Å². The number of nitrogens with two attached hydrogens (primary N) is 2. The summed E-state index contributed by atoms with van der Waals surface area (Å²) < 4.78 is 82.0. The number of rotatable bonds is 5. The molecule has 18 heteroatoms. The van der Waals surface area contributed by atoms with Gasteiger partial charge in [0.2, 0.25) is 0 Å². The lowest BCUT2D eigenvalue weighted by Crippen LogP contribution is -2.52. The molecule has 2 aromatic heterocycles. The van der Waals surface area contributed by atoms with Gasteiger partial charge in [0.25, 0.3) is 5.91 Å². The fraction of sp³-hybridized carbons (Fsp3) is 0.588. The third-order valence-electron chi connectivity index (χ3n) is 10.5. The molecule has 0 saturated carbocycles. The van der Waals surface area contributed by atoms with E-state index in [1.54, 1.807) is 9.58 Å². The zero-order valence-corrected chi connectivity index (χ0v) is 29.4. The molecule has 0 bridgehead atoms. The highest BCUT2D eigenvalue weighted by Gasteiger charge is 2.41. The predicted molar refractivity (Wildman–Crippen MR) is 181 cm³/mol. The summed E-state index contributed by atoms with van der Waals surface area (Å²) in [4.78, 5) is 27.9. The van der Waals surface area contributed by atoms with Crippen molar-refractivity contribution in [3.63, 3.8) is 0 Å². The standard InChI is InChI=1S/C27H29ClF4N8O3.C7H12FN/c1-42-26-35-17-7-19(20-15(27(30,31)32)3-4-16(34)22(20)29)43-12-14(17)24(36-26)38-5-2-6-40-18(11-38)21(28)23(37-40)25(41)39-9-13(8-33)10-39;8-6-4-7-2-1-3-9(7)5-6/h3-4,13,19H,2,5-12,33-34H2,1H3;6-7H,1-5H2. The van der Waals surface area contributed by atoms with Crippen molar-refractivity contribution in [3.05, 3.63) is 56.7 Å². The molecule has 3 aromatic rings. The highest BCUT2D eigenvalue weighted by molar-refractivity contribution is 6.34. The van der Waals surface area contributed by atoms with Crippen LogP contribution in [0.5, 0.6) is 6.01 Å². The molecule has 52 heavy (non-hydrogen) atoms. The number of likely N-dealkylation sites (tertiary alicyclic amines) is 1. The van der Waals surface area contributed by atoms with E-state index in [1.807, 2.05) is 4.90 Å². The van der Waals surface area contributed by atoms with Gasteiger partial charge in [0.1, 0.15) is 12.0 Å². The number of amides is 1. The summed E-state index contributed by atoms with van der Waals surface area (Å²) in [5.74, 6) is -0.733. The zero-order chi connectivity index (χ0) is 36.9. The van der Waals surface area contributed by atoms with E-state index in [2.05, 4.69) is 20.0 Å². The number of carbonyl (C=O) groups excluding carboxylic acids is 1. The molecule has 0 aliphatic carbocycles. The van der Waals surface area contributed by atoms with E-state index in [0.717, 1.165) is 25.1 Å². The molecule has 5 aliphatic heterocycles. The van der Waals surface area contributed by atoms with Crippen LogP contribution in [-0.4, -0.2) is 94.0 Å². The SMILES string of the molecule is COc1nc2c(c(N3CCCn4nc(C(=O)N5CC(CN)C5)c(Cl)c4C3)n1)COC(c1c(C(F)(F)F)ccc(N)c1F)C2.FC1CC2CCCN2C1. The second kappa shape index (κ2) is 14.6. The van der Waals surface area contributed by atoms with Gasteiger partial charge in [-0.1, -0.05) is 11.6 Å². The van der Waals surface area contributed by atoms with Crippen LogP contribution in [0, 0.1) is 11.7 Å². The van der Waals surface area contributed by atoms with Gasteiger partial charge in [-0.15, -0.1) is 0 Å². The van der Waals surface area contributed by atoms with Crippen molar-refractivity contribution < 1.29 is 36.2 Å². The number of alkyl halides is 4. The van der Waals surface area contributed by atoms with Crippen LogP contribution in [0.2, 0.25) is 5.02 Å². The average molecular weight is 754 g/mol. The van der Waals surface area contributed by atoms with E-state index in [4.69, 9.17) is 32.5 Å². The van der Waals surface area contributed by atoms with Gasteiger partial charge in [-0.2, -0.15) is 28.2 Å². The average Bonchev–Trinajstić information content (AvgIpc) is 3.71. The number of carbonyl (C=O) groups is 1. The maximum atomic E-state index is 15.0. The van der Waals surface area contributed by atoms with Gasteiger partial charge in [0.05, 0.1) is 54.0 Å². The van der Waals surface area contributed by atoms with Crippen molar-refractivity contribution in [1.82, 2.24) is 29.5 Å². The van der Waals surface area contributed by atoms with Crippen molar-refractivity contribution >= 4 is 29.0 Å². The van der Waals surface area contributed by atoms with E-state index < -0.39 is 41.1 Å². The lowest BCUT2D eigenvalue weighted by atomic mass is 9.94. The molecule has 1 aromatic carbocycles. The number of aromatic nitrogens is 4. The summed E-state index contributed by atoms with van der Waals surface area (Å²) in [6, 6.07) is 2.24. The van der Waals surface area contributed by atoms with Gasteiger partial charge in [0, 0.05) is 62.2 Å². The highest BCUT2D eigenvalue weighted by Crippen LogP contribution is 2.43. The Morgan fingerprint density at radius 3 is 2.63 bits per heavy atom. The van der Waals surface area contributed by atoms with Gasteiger partial charge in [-0.3, -0.25) is 14.4 Å². The quantitative estimate of drug-likeness (QED) is 0.282. The number of halogens is 6. The summed E-state index contributed by atoms with van der Waals surface area (Å²) in [5, 5.41) is 4.76. The Morgan fingerprint density at radius 1 is 1.13 bits per heavy atom. The zero-order valence-electron chi connectivity index (χ0n) is 28.6. The Morgan fingerprint density at radius 2 is 1.92 bits per heavy atom. The van der Waals surface area contributed by atoms with Crippen LogP contribution in [0.25, 0.3) is 0 Å². The van der Waals surface area contributed by atoms with E-state index >= 15 is 4.39 Å². The monoisotopic (exact) mass is 753 g/mol. The second-order valence-corrected chi connectivity index (χ2v) is 14.3. The molecular weight excluding hydrogens is 713 g/mol. The maximum absolute atomic E-state index is 15.0. The van der Waals surface area contributed by atoms with Crippen LogP contribution >= 0.6 is 11.6 Å². The summed E-state index contributed by atoms with van der Waals surface area (Å²) in [7, 11) is 1.37. The van der Waals surface area contributed by atoms with Crippen molar-refractivity contribution in [2.75, 3.05) is 57.0 Å². The number of ether oxygens (including phenoxy) is 2. The van der Waals surface area contributed by atoms with Crippen LogP contribution in [0.3, 0.4) is 0 Å². The third-order valence-corrected chi connectivity index (χ3v) is 10.9. The maximum Gasteiger partial charge on any atom is 0.416 e. The number of methoxy groups -OCH3 is 1. The number of fused-ring (bicyclic) bond motifs is 3. The summed E-state index contributed by atoms with van der Waals surface area (Å²) >= 11 is 6.72. The van der Waals surface area contributed by atoms with Crippen LogP contribution < -0.4 is 21.1 Å². The van der Waals surface area contributed by atoms with Crippen molar-refractivity contribution in [2.45, 2.75) is 76.3 Å². The normalized spacial score (nSPS) is 23.3. The van der Waals surface area contributed by atoms with Crippen molar-refractivity contribution in [1.29, 1.82) is 0 Å². The van der Waals surface area contributed by atoms with Crippen LogP contribution in [0.1, 0.15) is 70.4 Å². The Hall–Kier alpha value is -3.80. The lowest BCUT2D eigenvalue weighted by molar-refractivity contribution is -0.140. The van der Waals surface area contributed by atoms with E-state index in [-0.39, 0.29) is 48.1 Å². The number of anilines is 2. The Labute approximate surface area is 302 Å². The second-order valence-electron chi connectivity index (χ2n) is 13.9. The van der Waals surface area contributed by atoms with Gasteiger partial charge in [-0.05, 0) is 50.9 Å². The number of aryl methyl sites for hydroxylation is 1. The molecule has 4 N–H and O–H groups in total. The first-order valence-corrected chi connectivity index (χ1v) is 17.8. The van der Waals surface area contributed by atoms with Gasteiger partial charge in [0.15, 0.2) is 11.5 Å². The molecule has 3 atom stereocenters. The molecular formula is C34H41ClF5N9O3. The number of nitrogens with zero attached hydrogens (tertiary/aromatic N) is 7. The minimum atomic E-state index is -4.82. The molecule has 5 aliphatic rings. The summed E-state index contributed by atoms with van der Waals surface area (Å²) in [6.07, 6.45) is -2.85. The summed E-state index contributed by atoms with van der Waals surface area (Å²) in [5.41, 5.74) is 10.8. The first-order valence-electron chi connectivity index (χ1n) is 17.4. The van der Waals surface area contributed by atoms with Crippen LogP contribution in [0.15, 0.2) is 12.1 Å². The van der Waals surface area contributed by atoms with E-state index in [1.165, 1.54) is 20.0 Å². The van der Waals surface area contributed by atoms with Gasteiger partial charge < -0.3 is 30.7 Å². The smallest absolute Gasteiger partial charge is 0.416 e. The first kappa shape index (κ1) is 36.6. The van der Waals surface area contributed by atoms with Gasteiger partial charge >= 0.3 is 12.2 Å². The van der Waals surface area contributed by atoms with Crippen LogP contribution in [-0.2, 0) is 37.0 Å². The number of nitrogen functional groups attached to an aromatic ring is 1. The van der Waals surface area contributed by atoms with E-state index in [9.17, 15) is 22.4 Å². The Kier molecular flexibility index (Phi) is 10.2. The minimum absolute atomic E-state index is 0.00884. The molecule has 12 nitrogen and oxygen atoms in total. The van der Waals surface area contributed by atoms with Crippen molar-refractivity contribution in [3.8, 4) is 6.01 Å². The van der Waals surface area contributed by atoms with Crippen LogP contribution in [0.4, 0.5) is 33.5 Å². The largest absolute Gasteiger partial charge is 0.467 e. The summed E-state index contributed by atoms with van der Waals surface area (Å²) in [6.45, 7) is 4.54. The molecule has 3 saturated heterocycles. The number of hydrogen-bond acceptors (Lipinski definition) is 10. The number of benzene rings is 1. The molecule has 8 rings (SSSR count). The third kappa shape index (κ3) is 6.99. The Balaban J connectivity index is 0.000000404. The molecule has 282 valence electrons. The number of hydrogen-bond donors (Lipinski definition) is 2. The molecule has 3 fully saturated rings. The fourth-order valence-electron chi connectivity index (χ4n) is 7.80. The fourth-order valence-corrected chi connectivity index (χ4v) is 8.08. The lowest BCUT2D eigenvalue weighted by Gasteiger charge is -2.38.